The Labute approximate surface area is 138 Å². The van der Waals surface area contributed by atoms with Gasteiger partial charge in [0.1, 0.15) is 18.1 Å². The second-order valence-electron chi connectivity index (χ2n) is 6.03. The highest BCUT2D eigenvalue weighted by Crippen LogP contribution is 2.27. The van der Waals surface area contributed by atoms with E-state index in [0.29, 0.717) is 19.1 Å². The van der Waals surface area contributed by atoms with E-state index in [2.05, 4.69) is 26.0 Å². The number of phenols is 1. The molecule has 2 rings (SSSR count). The van der Waals surface area contributed by atoms with Gasteiger partial charge in [0, 0.05) is 18.2 Å². The van der Waals surface area contributed by atoms with Gasteiger partial charge in [-0.15, -0.1) is 0 Å². The van der Waals surface area contributed by atoms with Gasteiger partial charge in [0.05, 0.1) is 6.61 Å². The van der Waals surface area contributed by atoms with Crippen molar-refractivity contribution in [2.24, 2.45) is 0 Å². The number of rotatable bonds is 7. The molecule has 0 saturated heterocycles. The molecule has 1 atom stereocenters. The maximum atomic E-state index is 10.3. The van der Waals surface area contributed by atoms with Crippen molar-refractivity contribution in [1.29, 1.82) is 0 Å². The molecule has 0 fully saturated rings. The topological polar surface area (TPSA) is 38.7 Å². The number of phenolic OH excluding ortho intramolecular Hbond substituents is 1. The molecule has 0 amide bonds. The lowest BCUT2D eigenvalue weighted by Crippen LogP contribution is -2.00. The summed E-state index contributed by atoms with van der Waals surface area (Å²) in [5.41, 5.74) is 3.97. The monoisotopic (exact) mass is 314 g/mol. The van der Waals surface area contributed by atoms with E-state index >= 15 is 0 Å². The maximum absolute atomic E-state index is 10.3. The molecule has 23 heavy (non-hydrogen) atoms. The van der Waals surface area contributed by atoms with Gasteiger partial charge in [0.2, 0.25) is 0 Å². The first-order valence-electron chi connectivity index (χ1n) is 8.08. The number of hydrogen-bond acceptors (Lipinski definition) is 3. The van der Waals surface area contributed by atoms with Gasteiger partial charge in [-0.05, 0) is 43.0 Å². The van der Waals surface area contributed by atoms with Crippen LogP contribution in [0.15, 0.2) is 36.4 Å². The summed E-state index contributed by atoms with van der Waals surface area (Å²) in [6, 6.07) is 12.1. The largest absolute Gasteiger partial charge is 0.507 e. The molecule has 3 nitrogen and oxygen atoms in total. The van der Waals surface area contributed by atoms with Crippen LogP contribution in [0.4, 0.5) is 0 Å². The van der Waals surface area contributed by atoms with Crippen LogP contribution in [0.3, 0.4) is 0 Å². The van der Waals surface area contributed by atoms with Crippen LogP contribution < -0.4 is 4.74 Å². The van der Waals surface area contributed by atoms with Crippen LogP contribution in [0.1, 0.15) is 48.4 Å². The van der Waals surface area contributed by atoms with Gasteiger partial charge in [-0.3, -0.25) is 0 Å². The Morgan fingerprint density at radius 2 is 1.65 bits per heavy atom. The maximum Gasteiger partial charge on any atom is 0.127 e. The summed E-state index contributed by atoms with van der Waals surface area (Å²) >= 11 is 0. The Balaban J connectivity index is 2.08. The fourth-order valence-electron chi connectivity index (χ4n) is 2.60. The molecule has 0 heterocycles. The molecule has 1 unspecified atom stereocenters. The van der Waals surface area contributed by atoms with E-state index in [-0.39, 0.29) is 5.75 Å². The molecule has 0 aromatic heterocycles. The van der Waals surface area contributed by atoms with Gasteiger partial charge < -0.3 is 14.6 Å². The molecule has 0 aliphatic carbocycles. The highest BCUT2D eigenvalue weighted by Gasteiger charge is 2.10. The van der Waals surface area contributed by atoms with Gasteiger partial charge in [-0.2, -0.15) is 0 Å². The van der Waals surface area contributed by atoms with Crippen molar-refractivity contribution >= 4 is 0 Å². The molecule has 2 aromatic rings. The van der Waals surface area contributed by atoms with Crippen LogP contribution in [-0.2, 0) is 18.0 Å². The molecule has 0 saturated carbocycles. The first kappa shape index (κ1) is 17.4. The molecule has 124 valence electrons. The van der Waals surface area contributed by atoms with Crippen LogP contribution >= 0.6 is 0 Å². The first-order chi connectivity index (χ1) is 11.0. The summed E-state index contributed by atoms with van der Waals surface area (Å²) in [7, 11) is 1.62. The van der Waals surface area contributed by atoms with E-state index in [9.17, 15) is 5.11 Å². The van der Waals surface area contributed by atoms with E-state index in [1.165, 1.54) is 5.56 Å². The van der Waals surface area contributed by atoms with Crippen LogP contribution in [0, 0.1) is 6.92 Å². The Morgan fingerprint density at radius 1 is 1.04 bits per heavy atom. The number of benzene rings is 2. The Morgan fingerprint density at radius 3 is 2.22 bits per heavy atom. The van der Waals surface area contributed by atoms with Gasteiger partial charge in [-0.1, -0.05) is 37.6 Å². The average Bonchev–Trinajstić information content (AvgIpc) is 2.56. The van der Waals surface area contributed by atoms with Crippen LogP contribution in [0.5, 0.6) is 11.5 Å². The second-order valence-corrected chi connectivity index (χ2v) is 6.03. The summed E-state index contributed by atoms with van der Waals surface area (Å²) < 4.78 is 11.0. The standard InChI is InChI=1S/C20H26O3/c1-5-15(3)16-6-8-19(9-7-16)23-13-18-11-14(2)10-17(12-22-4)20(18)21/h6-11,15,21H,5,12-13H2,1-4H3. The lowest BCUT2D eigenvalue weighted by molar-refractivity contribution is 0.181. The van der Waals surface area contributed by atoms with Crippen molar-refractivity contribution in [3.05, 3.63) is 58.7 Å². The highest BCUT2D eigenvalue weighted by molar-refractivity contribution is 5.43. The SMILES string of the molecule is CCC(C)c1ccc(OCc2cc(C)cc(COC)c2O)cc1. The van der Waals surface area contributed by atoms with Crippen molar-refractivity contribution in [3.8, 4) is 11.5 Å². The molecule has 1 N–H and O–H groups in total. The lowest BCUT2D eigenvalue weighted by atomic mass is 9.99. The zero-order valence-corrected chi connectivity index (χ0v) is 14.4. The van der Waals surface area contributed by atoms with Gasteiger partial charge >= 0.3 is 0 Å². The fourth-order valence-corrected chi connectivity index (χ4v) is 2.60. The lowest BCUT2D eigenvalue weighted by Gasteiger charge is -2.13. The number of hydrogen-bond donors (Lipinski definition) is 1. The van der Waals surface area contributed by atoms with Crippen molar-refractivity contribution in [3.63, 3.8) is 0 Å². The molecule has 3 heteroatoms. The molecule has 0 spiro atoms. The Kier molecular flexibility index (Phi) is 6.05. The minimum Gasteiger partial charge on any atom is -0.507 e. The predicted molar refractivity (Wildman–Crippen MR) is 93.0 cm³/mol. The zero-order valence-electron chi connectivity index (χ0n) is 14.4. The summed E-state index contributed by atoms with van der Waals surface area (Å²) in [6.45, 7) is 7.14. The van der Waals surface area contributed by atoms with Gasteiger partial charge in [-0.25, -0.2) is 0 Å². The predicted octanol–water partition coefficient (Wildman–Crippen LogP) is 4.94. The van der Waals surface area contributed by atoms with E-state index < -0.39 is 0 Å². The molecule has 0 aliphatic heterocycles. The number of ether oxygens (including phenoxy) is 2. The average molecular weight is 314 g/mol. The fraction of sp³-hybridized carbons (Fsp3) is 0.400. The normalized spacial score (nSPS) is 12.2. The quantitative estimate of drug-likeness (QED) is 0.786. The van der Waals surface area contributed by atoms with E-state index in [1.54, 1.807) is 7.11 Å². The van der Waals surface area contributed by atoms with Crippen LogP contribution in [0.25, 0.3) is 0 Å². The third-order valence-corrected chi connectivity index (χ3v) is 4.17. The van der Waals surface area contributed by atoms with Gasteiger partial charge in [0.15, 0.2) is 0 Å². The van der Waals surface area contributed by atoms with E-state index in [4.69, 9.17) is 9.47 Å². The third-order valence-electron chi connectivity index (χ3n) is 4.17. The Bertz CT molecular complexity index is 632. The third kappa shape index (κ3) is 4.49. The van der Waals surface area contributed by atoms with Gasteiger partial charge in [0.25, 0.3) is 0 Å². The van der Waals surface area contributed by atoms with Crippen LogP contribution in [-0.4, -0.2) is 12.2 Å². The summed E-state index contributed by atoms with van der Waals surface area (Å²) in [5.74, 6) is 1.63. The van der Waals surface area contributed by atoms with Crippen molar-refractivity contribution in [2.45, 2.75) is 46.3 Å². The summed E-state index contributed by atoms with van der Waals surface area (Å²) in [6.07, 6.45) is 1.12. The van der Waals surface area contributed by atoms with Crippen molar-refractivity contribution in [2.75, 3.05) is 7.11 Å². The van der Waals surface area contributed by atoms with Crippen LogP contribution in [0.2, 0.25) is 0 Å². The first-order valence-corrected chi connectivity index (χ1v) is 8.08. The van der Waals surface area contributed by atoms with E-state index in [0.717, 1.165) is 28.9 Å². The number of aromatic hydroxyl groups is 1. The smallest absolute Gasteiger partial charge is 0.127 e. The molecule has 0 bridgehead atoms. The Hall–Kier alpha value is -2.00. The second kappa shape index (κ2) is 8.02. The minimum absolute atomic E-state index is 0.258. The molecule has 0 radical (unpaired) electrons. The van der Waals surface area contributed by atoms with Crippen molar-refractivity contribution < 1.29 is 14.6 Å². The van der Waals surface area contributed by atoms with Crippen molar-refractivity contribution in [1.82, 2.24) is 0 Å². The summed E-state index contributed by atoms with van der Waals surface area (Å²) in [5, 5.41) is 10.3. The zero-order chi connectivity index (χ0) is 16.8. The number of methoxy groups -OCH3 is 1. The minimum atomic E-state index is 0.258. The molecular formula is C20H26O3. The number of aryl methyl sites for hydroxylation is 1. The molecule has 0 aliphatic rings. The molecular weight excluding hydrogens is 288 g/mol. The van der Waals surface area contributed by atoms with E-state index in [1.807, 2.05) is 31.2 Å². The highest BCUT2D eigenvalue weighted by atomic mass is 16.5. The molecule has 2 aromatic carbocycles. The summed E-state index contributed by atoms with van der Waals surface area (Å²) in [4.78, 5) is 0.